The van der Waals surface area contributed by atoms with Crippen molar-refractivity contribution < 1.29 is 15.0 Å². The molecule has 0 amide bonds. The van der Waals surface area contributed by atoms with E-state index in [2.05, 4.69) is 5.32 Å². The first-order valence-corrected chi connectivity index (χ1v) is 7.10. The van der Waals surface area contributed by atoms with E-state index < -0.39 is 18.1 Å². The highest BCUT2D eigenvalue weighted by Crippen LogP contribution is 2.22. The fourth-order valence-corrected chi connectivity index (χ4v) is 2.40. The Morgan fingerprint density at radius 1 is 1.35 bits per heavy atom. The molecule has 112 valence electrons. The number of hydrogen-bond acceptors (Lipinski definition) is 3. The van der Waals surface area contributed by atoms with Gasteiger partial charge in [0, 0.05) is 6.04 Å². The van der Waals surface area contributed by atoms with Gasteiger partial charge in [-0.3, -0.25) is 10.1 Å². The number of carbonyl (C=O) groups is 1. The van der Waals surface area contributed by atoms with E-state index in [0.717, 1.165) is 23.1 Å². The summed E-state index contributed by atoms with van der Waals surface area (Å²) < 4.78 is 0. The molecule has 0 aliphatic rings. The summed E-state index contributed by atoms with van der Waals surface area (Å²) in [5.41, 5.74) is 3.01. The molecule has 0 fully saturated rings. The van der Waals surface area contributed by atoms with Crippen molar-refractivity contribution in [2.24, 2.45) is 0 Å². The van der Waals surface area contributed by atoms with Gasteiger partial charge in [0.2, 0.25) is 0 Å². The first-order valence-electron chi connectivity index (χ1n) is 7.10. The van der Waals surface area contributed by atoms with Crippen LogP contribution < -0.4 is 5.32 Å². The summed E-state index contributed by atoms with van der Waals surface area (Å²) in [5, 5.41) is 22.6. The van der Waals surface area contributed by atoms with Gasteiger partial charge in [0.15, 0.2) is 0 Å². The molecule has 0 aliphatic heterocycles. The summed E-state index contributed by atoms with van der Waals surface area (Å²) in [6.07, 6.45) is 0.629. The highest BCUT2D eigenvalue weighted by molar-refractivity contribution is 5.73. The number of hydrogen-bond donors (Lipinski definition) is 3. The number of aliphatic hydroxyl groups is 1. The number of rotatable bonds is 7. The molecule has 0 heterocycles. The molecule has 20 heavy (non-hydrogen) atoms. The topological polar surface area (TPSA) is 69.6 Å². The lowest BCUT2D eigenvalue weighted by molar-refractivity contribution is -0.140. The first-order chi connectivity index (χ1) is 9.36. The Morgan fingerprint density at radius 2 is 2.00 bits per heavy atom. The molecule has 1 aromatic rings. The molecule has 3 unspecified atom stereocenters. The van der Waals surface area contributed by atoms with Gasteiger partial charge in [-0.2, -0.15) is 0 Å². The lowest BCUT2D eigenvalue weighted by Crippen LogP contribution is -2.44. The first kappa shape index (κ1) is 16.7. The van der Waals surface area contributed by atoms with Crippen LogP contribution in [0.2, 0.25) is 0 Å². The summed E-state index contributed by atoms with van der Waals surface area (Å²) in [4.78, 5) is 11.2. The van der Waals surface area contributed by atoms with Crippen molar-refractivity contribution in [1.29, 1.82) is 0 Å². The third kappa shape index (κ3) is 4.32. The van der Waals surface area contributed by atoms with Crippen LogP contribution in [0.5, 0.6) is 0 Å². The van der Waals surface area contributed by atoms with Gasteiger partial charge in [-0.05, 0) is 38.3 Å². The summed E-state index contributed by atoms with van der Waals surface area (Å²) in [7, 11) is 0. The van der Waals surface area contributed by atoms with Crippen LogP contribution in [0, 0.1) is 13.8 Å². The summed E-state index contributed by atoms with van der Waals surface area (Å²) >= 11 is 0. The van der Waals surface area contributed by atoms with Gasteiger partial charge in [-0.1, -0.05) is 37.1 Å². The van der Waals surface area contributed by atoms with E-state index in [1.807, 2.05) is 45.9 Å². The van der Waals surface area contributed by atoms with Crippen LogP contribution >= 0.6 is 0 Å². The van der Waals surface area contributed by atoms with Gasteiger partial charge in [0.1, 0.15) is 6.04 Å². The van der Waals surface area contributed by atoms with E-state index >= 15 is 0 Å². The van der Waals surface area contributed by atoms with Crippen molar-refractivity contribution in [2.45, 2.75) is 58.7 Å². The second kappa shape index (κ2) is 7.41. The number of carboxylic acid groups (broad SMARTS) is 1. The molecule has 0 saturated heterocycles. The molecule has 3 N–H and O–H groups in total. The Balaban J connectivity index is 2.79. The van der Waals surface area contributed by atoms with Gasteiger partial charge >= 0.3 is 5.97 Å². The number of aliphatic hydroxyl groups excluding tert-OH is 1. The summed E-state index contributed by atoms with van der Waals surface area (Å²) in [6.45, 7) is 7.73. The second-order valence-corrected chi connectivity index (χ2v) is 5.44. The Labute approximate surface area is 120 Å². The number of aryl methyl sites for hydroxylation is 2. The molecule has 0 spiro atoms. The molecule has 1 rings (SSSR count). The van der Waals surface area contributed by atoms with Gasteiger partial charge in [0.05, 0.1) is 6.10 Å². The third-order valence-electron chi connectivity index (χ3n) is 3.56. The van der Waals surface area contributed by atoms with Gasteiger partial charge in [-0.15, -0.1) is 0 Å². The Kier molecular flexibility index (Phi) is 6.17. The Bertz CT molecular complexity index is 459. The number of carboxylic acids is 1. The zero-order chi connectivity index (χ0) is 15.3. The molecule has 0 radical (unpaired) electrons. The fourth-order valence-electron chi connectivity index (χ4n) is 2.40. The molecule has 0 aromatic heterocycles. The average Bonchev–Trinajstić information content (AvgIpc) is 2.37. The lowest BCUT2D eigenvalue weighted by atomic mass is 9.96. The maximum Gasteiger partial charge on any atom is 0.320 e. The van der Waals surface area contributed by atoms with Crippen LogP contribution in [0.3, 0.4) is 0 Å². The SMILES string of the molecule is CCCC(NC(C)C(O)c1ccc(C)cc1C)C(=O)O. The second-order valence-electron chi connectivity index (χ2n) is 5.44. The normalized spacial score (nSPS) is 15.7. The van der Waals surface area contributed by atoms with Crippen LogP contribution in [-0.4, -0.2) is 28.3 Å². The molecule has 1 aromatic carbocycles. The summed E-state index contributed by atoms with van der Waals surface area (Å²) in [6, 6.07) is 4.95. The standard InChI is InChI=1S/C16H25NO3/c1-5-6-14(16(19)20)17-12(4)15(18)13-8-7-10(2)9-11(13)3/h7-9,12,14-15,17-18H,5-6H2,1-4H3,(H,19,20). The maximum absolute atomic E-state index is 11.2. The van der Waals surface area contributed by atoms with E-state index in [9.17, 15) is 9.90 Å². The van der Waals surface area contributed by atoms with Gasteiger partial charge in [-0.25, -0.2) is 0 Å². The Morgan fingerprint density at radius 3 is 2.50 bits per heavy atom. The quantitative estimate of drug-likeness (QED) is 0.717. The van der Waals surface area contributed by atoms with Crippen molar-refractivity contribution >= 4 is 5.97 Å². The maximum atomic E-state index is 11.2. The van der Waals surface area contributed by atoms with Crippen LogP contribution in [0.1, 0.15) is 49.5 Å². The van der Waals surface area contributed by atoms with Crippen molar-refractivity contribution in [3.05, 3.63) is 34.9 Å². The number of nitrogens with one attached hydrogen (secondary N) is 1. The molecule has 4 heteroatoms. The van der Waals surface area contributed by atoms with Gasteiger partial charge in [0.25, 0.3) is 0 Å². The van der Waals surface area contributed by atoms with Gasteiger partial charge < -0.3 is 10.2 Å². The van der Waals surface area contributed by atoms with Crippen molar-refractivity contribution in [2.75, 3.05) is 0 Å². The van der Waals surface area contributed by atoms with E-state index in [1.54, 1.807) is 0 Å². The molecule has 0 aliphatic carbocycles. The smallest absolute Gasteiger partial charge is 0.320 e. The average molecular weight is 279 g/mol. The van der Waals surface area contributed by atoms with Crippen molar-refractivity contribution in [3.63, 3.8) is 0 Å². The van der Waals surface area contributed by atoms with E-state index in [4.69, 9.17) is 5.11 Å². The highest BCUT2D eigenvalue weighted by atomic mass is 16.4. The zero-order valence-corrected chi connectivity index (χ0v) is 12.7. The van der Waals surface area contributed by atoms with Crippen LogP contribution in [-0.2, 0) is 4.79 Å². The largest absolute Gasteiger partial charge is 0.480 e. The lowest BCUT2D eigenvalue weighted by Gasteiger charge is -2.25. The zero-order valence-electron chi connectivity index (χ0n) is 12.7. The minimum Gasteiger partial charge on any atom is -0.480 e. The monoisotopic (exact) mass is 279 g/mol. The van der Waals surface area contributed by atoms with E-state index in [-0.39, 0.29) is 6.04 Å². The molecular weight excluding hydrogens is 254 g/mol. The molecule has 0 bridgehead atoms. The van der Waals surface area contributed by atoms with Crippen molar-refractivity contribution in [1.82, 2.24) is 5.32 Å². The van der Waals surface area contributed by atoms with Crippen LogP contribution in [0.25, 0.3) is 0 Å². The summed E-state index contributed by atoms with van der Waals surface area (Å²) in [5.74, 6) is -0.869. The predicted molar refractivity (Wildman–Crippen MR) is 79.8 cm³/mol. The predicted octanol–water partition coefficient (Wildman–Crippen LogP) is 2.57. The number of benzene rings is 1. The fraction of sp³-hybridized carbons (Fsp3) is 0.562. The van der Waals surface area contributed by atoms with Crippen LogP contribution in [0.4, 0.5) is 0 Å². The molecule has 0 saturated carbocycles. The van der Waals surface area contributed by atoms with E-state index in [1.165, 1.54) is 0 Å². The Hall–Kier alpha value is -1.39. The van der Waals surface area contributed by atoms with Crippen molar-refractivity contribution in [3.8, 4) is 0 Å². The molecule has 4 nitrogen and oxygen atoms in total. The molecular formula is C16H25NO3. The number of aliphatic carboxylic acids is 1. The minimum absolute atomic E-state index is 0.316. The van der Waals surface area contributed by atoms with Crippen LogP contribution in [0.15, 0.2) is 18.2 Å². The molecule has 3 atom stereocenters. The third-order valence-corrected chi connectivity index (χ3v) is 3.56. The van der Waals surface area contributed by atoms with E-state index in [0.29, 0.717) is 6.42 Å². The minimum atomic E-state index is -0.869. The highest BCUT2D eigenvalue weighted by Gasteiger charge is 2.24.